The highest BCUT2D eigenvalue weighted by atomic mass is 16.5. The summed E-state index contributed by atoms with van der Waals surface area (Å²) in [4.78, 5) is 23.6. The van der Waals surface area contributed by atoms with Gasteiger partial charge in [0.2, 0.25) is 0 Å². The standard InChI is InChI=1S/C26H50O4/c1-3-5-7-9-11-13-15-18-23-30-26(28)24-25(27)20-16-19-22-29-21-17-14-12-10-8-6-4-2/h3-24H2,1-2H3. The molecule has 178 valence electrons. The summed E-state index contributed by atoms with van der Waals surface area (Å²) in [6.45, 7) is 6.46. The lowest BCUT2D eigenvalue weighted by Crippen LogP contribution is -2.12. The van der Waals surface area contributed by atoms with Crippen LogP contribution < -0.4 is 0 Å². The maximum Gasteiger partial charge on any atom is 0.313 e. The van der Waals surface area contributed by atoms with E-state index in [0.29, 0.717) is 19.6 Å². The fourth-order valence-corrected chi connectivity index (χ4v) is 3.51. The van der Waals surface area contributed by atoms with Crippen LogP contribution in [0, 0.1) is 0 Å². The molecule has 0 aliphatic heterocycles. The van der Waals surface area contributed by atoms with E-state index in [1.165, 1.54) is 77.0 Å². The Balaban J connectivity index is 3.31. The summed E-state index contributed by atoms with van der Waals surface area (Å²) in [7, 11) is 0. The van der Waals surface area contributed by atoms with Crippen molar-refractivity contribution in [2.24, 2.45) is 0 Å². The van der Waals surface area contributed by atoms with Crippen molar-refractivity contribution < 1.29 is 19.1 Å². The summed E-state index contributed by atoms with van der Waals surface area (Å²) in [5, 5.41) is 0. The van der Waals surface area contributed by atoms with E-state index in [4.69, 9.17) is 9.47 Å². The van der Waals surface area contributed by atoms with Gasteiger partial charge in [0.1, 0.15) is 12.2 Å². The Morgan fingerprint density at radius 1 is 0.533 bits per heavy atom. The number of hydrogen-bond acceptors (Lipinski definition) is 4. The SMILES string of the molecule is CCCCCCCCCCOC(=O)CC(=O)CCCCOCCCCCCCCC. The first-order valence-corrected chi connectivity index (χ1v) is 13.0. The molecular formula is C26H50O4. The highest BCUT2D eigenvalue weighted by Gasteiger charge is 2.10. The van der Waals surface area contributed by atoms with Crippen molar-refractivity contribution >= 4 is 11.8 Å². The van der Waals surface area contributed by atoms with Gasteiger partial charge in [0, 0.05) is 19.6 Å². The fourth-order valence-electron chi connectivity index (χ4n) is 3.51. The van der Waals surface area contributed by atoms with Crippen LogP contribution in [0.2, 0.25) is 0 Å². The van der Waals surface area contributed by atoms with Crippen LogP contribution in [0.25, 0.3) is 0 Å². The number of esters is 1. The van der Waals surface area contributed by atoms with E-state index in [1.807, 2.05) is 0 Å². The van der Waals surface area contributed by atoms with Crippen molar-refractivity contribution in [2.75, 3.05) is 19.8 Å². The minimum atomic E-state index is -0.363. The average Bonchev–Trinajstić information content (AvgIpc) is 2.73. The molecule has 0 radical (unpaired) electrons. The van der Waals surface area contributed by atoms with E-state index in [-0.39, 0.29) is 18.2 Å². The Bertz CT molecular complexity index is 381. The van der Waals surface area contributed by atoms with Crippen molar-refractivity contribution in [3.63, 3.8) is 0 Å². The van der Waals surface area contributed by atoms with Crippen LogP contribution in [-0.4, -0.2) is 31.6 Å². The molecule has 0 aliphatic carbocycles. The Morgan fingerprint density at radius 2 is 0.967 bits per heavy atom. The molecule has 0 bridgehead atoms. The van der Waals surface area contributed by atoms with E-state index < -0.39 is 0 Å². The molecule has 0 aromatic carbocycles. The van der Waals surface area contributed by atoms with Gasteiger partial charge in [-0.25, -0.2) is 0 Å². The van der Waals surface area contributed by atoms with Gasteiger partial charge in [-0.2, -0.15) is 0 Å². The van der Waals surface area contributed by atoms with Crippen molar-refractivity contribution in [3.8, 4) is 0 Å². The zero-order valence-corrected chi connectivity index (χ0v) is 20.2. The van der Waals surface area contributed by atoms with Gasteiger partial charge in [0.15, 0.2) is 0 Å². The van der Waals surface area contributed by atoms with Crippen LogP contribution in [0.15, 0.2) is 0 Å². The molecule has 0 unspecified atom stereocenters. The van der Waals surface area contributed by atoms with Gasteiger partial charge in [-0.15, -0.1) is 0 Å². The number of Topliss-reactive ketones (excluding diaryl/α,β-unsaturated/α-hetero) is 1. The van der Waals surface area contributed by atoms with Crippen molar-refractivity contribution in [1.82, 2.24) is 0 Å². The van der Waals surface area contributed by atoms with Gasteiger partial charge in [0.25, 0.3) is 0 Å². The maximum atomic E-state index is 11.9. The molecule has 0 spiro atoms. The van der Waals surface area contributed by atoms with Crippen molar-refractivity contribution in [2.45, 2.75) is 136 Å². The summed E-state index contributed by atoms with van der Waals surface area (Å²) in [5.74, 6) is -0.374. The Morgan fingerprint density at radius 3 is 1.50 bits per heavy atom. The van der Waals surface area contributed by atoms with E-state index >= 15 is 0 Å². The summed E-state index contributed by atoms with van der Waals surface area (Å²) in [6.07, 6.45) is 20.9. The lowest BCUT2D eigenvalue weighted by molar-refractivity contribution is -0.146. The van der Waals surface area contributed by atoms with E-state index in [0.717, 1.165) is 38.7 Å². The average molecular weight is 427 g/mol. The predicted octanol–water partition coefficient (Wildman–Crippen LogP) is 7.57. The molecule has 0 fully saturated rings. The minimum Gasteiger partial charge on any atom is -0.465 e. The molecule has 0 heterocycles. The first-order valence-electron chi connectivity index (χ1n) is 13.0. The molecule has 0 aliphatic rings. The topological polar surface area (TPSA) is 52.6 Å². The third-order valence-electron chi connectivity index (χ3n) is 5.49. The summed E-state index contributed by atoms with van der Waals surface area (Å²) in [5.41, 5.74) is 0. The van der Waals surface area contributed by atoms with Crippen molar-refractivity contribution in [1.29, 1.82) is 0 Å². The van der Waals surface area contributed by atoms with Crippen LogP contribution in [0.3, 0.4) is 0 Å². The zero-order valence-electron chi connectivity index (χ0n) is 20.2. The maximum absolute atomic E-state index is 11.9. The zero-order chi connectivity index (χ0) is 22.1. The Kier molecular flexibility index (Phi) is 23.6. The van der Waals surface area contributed by atoms with Crippen molar-refractivity contribution in [3.05, 3.63) is 0 Å². The number of hydrogen-bond donors (Lipinski definition) is 0. The molecule has 0 rings (SSSR count). The third kappa shape index (κ3) is 23.4. The van der Waals surface area contributed by atoms with Gasteiger partial charge < -0.3 is 9.47 Å². The molecular weight excluding hydrogens is 376 g/mol. The smallest absolute Gasteiger partial charge is 0.313 e. The molecule has 0 aromatic rings. The third-order valence-corrected chi connectivity index (χ3v) is 5.49. The minimum absolute atomic E-state index is 0.0111. The second-order valence-corrected chi connectivity index (χ2v) is 8.60. The second kappa shape index (κ2) is 24.4. The van der Waals surface area contributed by atoms with E-state index in [1.54, 1.807) is 0 Å². The van der Waals surface area contributed by atoms with Gasteiger partial charge in [-0.05, 0) is 25.7 Å². The quantitative estimate of drug-likeness (QED) is 0.0907. The van der Waals surface area contributed by atoms with Crippen LogP contribution in [-0.2, 0) is 19.1 Å². The first kappa shape index (κ1) is 29.1. The lowest BCUT2D eigenvalue weighted by Gasteiger charge is -2.06. The summed E-state index contributed by atoms with van der Waals surface area (Å²) >= 11 is 0. The first-order chi connectivity index (χ1) is 14.7. The molecule has 0 amide bonds. The number of carbonyl (C=O) groups is 2. The highest BCUT2D eigenvalue weighted by molar-refractivity contribution is 5.95. The number of rotatable bonds is 24. The molecule has 0 saturated carbocycles. The monoisotopic (exact) mass is 426 g/mol. The molecule has 0 N–H and O–H groups in total. The molecule has 4 nitrogen and oxygen atoms in total. The summed E-state index contributed by atoms with van der Waals surface area (Å²) in [6, 6.07) is 0. The van der Waals surface area contributed by atoms with Gasteiger partial charge >= 0.3 is 5.97 Å². The number of ether oxygens (including phenoxy) is 2. The predicted molar refractivity (Wildman–Crippen MR) is 126 cm³/mol. The van der Waals surface area contributed by atoms with Crippen LogP contribution in [0.5, 0.6) is 0 Å². The molecule has 0 aromatic heterocycles. The van der Waals surface area contributed by atoms with Crippen LogP contribution >= 0.6 is 0 Å². The second-order valence-electron chi connectivity index (χ2n) is 8.60. The van der Waals surface area contributed by atoms with Gasteiger partial charge in [0.05, 0.1) is 6.61 Å². The molecule has 4 heteroatoms. The highest BCUT2D eigenvalue weighted by Crippen LogP contribution is 2.09. The largest absolute Gasteiger partial charge is 0.465 e. The van der Waals surface area contributed by atoms with Crippen LogP contribution in [0.4, 0.5) is 0 Å². The summed E-state index contributed by atoms with van der Waals surface area (Å²) < 4.78 is 10.8. The molecule has 0 saturated heterocycles. The normalized spacial score (nSPS) is 11.0. The van der Waals surface area contributed by atoms with Gasteiger partial charge in [-0.3, -0.25) is 9.59 Å². The van der Waals surface area contributed by atoms with E-state index in [2.05, 4.69) is 13.8 Å². The lowest BCUT2D eigenvalue weighted by atomic mass is 10.1. The number of unbranched alkanes of at least 4 members (excludes halogenated alkanes) is 14. The van der Waals surface area contributed by atoms with Crippen LogP contribution in [0.1, 0.15) is 136 Å². The Labute approximate surface area is 186 Å². The molecule has 0 atom stereocenters. The fraction of sp³-hybridized carbons (Fsp3) is 0.923. The molecule has 30 heavy (non-hydrogen) atoms. The Hall–Kier alpha value is -0.900. The number of ketones is 1. The van der Waals surface area contributed by atoms with E-state index in [9.17, 15) is 9.59 Å². The van der Waals surface area contributed by atoms with Gasteiger partial charge in [-0.1, -0.05) is 97.3 Å². The number of carbonyl (C=O) groups excluding carboxylic acids is 2.